The summed E-state index contributed by atoms with van der Waals surface area (Å²) in [5.41, 5.74) is 6.92. The van der Waals surface area contributed by atoms with Crippen molar-refractivity contribution < 1.29 is 9.47 Å². The summed E-state index contributed by atoms with van der Waals surface area (Å²) in [5, 5.41) is 0. The quantitative estimate of drug-likeness (QED) is 0.722. The lowest BCUT2D eigenvalue weighted by atomic mass is 10.1. The Labute approximate surface area is 110 Å². The zero-order valence-electron chi connectivity index (χ0n) is 11.7. The first-order valence-corrected chi connectivity index (χ1v) is 6.65. The number of ether oxygens (including phenoxy) is 2. The largest absolute Gasteiger partial charge is 0.491 e. The molecule has 0 aliphatic heterocycles. The van der Waals surface area contributed by atoms with E-state index in [2.05, 4.69) is 13.8 Å². The molecule has 3 heteroatoms. The van der Waals surface area contributed by atoms with Crippen LogP contribution in [0.5, 0.6) is 5.75 Å². The van der Waals surface area contributed by atoms with E-state index >= 15 is 0 Å². The second-order valence-corrected chi connectivity index (χ2v) is 5.00. The lowest BCUT2D eigenvalue weighted by molar-refractivity contribution is 0.0925. The molecular weight excluding hydrogens is 226 g/mol. The molecule has 1 atom stereocenters. The van der Waals surface area contributed by atoms with Crippen molar-refractivity contribution in [2.24, 2.45) is 11.7 Å². The van der Waals surface area contributed by atoms with E-state index in [0.29, 0.717) is 19.1 Å². The zero-order chi connectivity index (χ0) is 13.4. The molecule has 0 aliphatic rings. The Morgan fingerprint density at radius 1 is 1.11 bits per heavy atom. The second-order valence-electron chi connectivity index (χ2n) is 5.00. The van der Waals surface area contributed by atoms with Crippen LogP contribution in [0.3, 0.4) is 0 Å². The van der Waals surface area contributed by atoms with Crippen LogP contribution in [0.25, 0.3) is 0 Å². The Hall–Kier alpha value is -1.06. The summed E-state index contributed by atoms with van der Waals surface area (Å²) in [4.78, 5) is 0. The smallest absolute Gasteiger partial charge is 0.119 e. The van der Waals surface area contributed by atoms with E-state index in [1.54, 1.807) is 0 Å². The van der Waals surface area contributed by atoms with Gasteiger partial charge in [-0.1, -0.05) is 26.0 Å². The number of hydrogen-bond acceptors (Lipinski definition) is 3. The fourth-order valence-corrected chi connectivity index (χ4v) is 1.53. The highest BCUT2D eigenvalue weighted by atomic mass is 16.5. The molecule has 0 amide bonds. The van der Waals surface area contributed by atoms with Gasteiger partial charge in [-0.2, -0.15) is 0 Å². The minimum absolute atomic E-state index is 0.0378. The zero-order valence-corrected chi connectivity index (χ0v) is 11.7. The van der Waals surface area contributed by atoms with Crippen molar-refractivity contribution >= 4 is 0 Å². The van der Waals surface area contributed by atoms with Gasteiger partial charge < -0.3 is 15.2 Å². The van der Waals surface area contributed by atoms with Crippen LogP contribution in [0.4, 0.5) is 0 Å². The molecule has 1 rings (SSSR count). The van der Waals surface area contributed by atoms with E-state index in [1.807, 2.05) is 31.2 Å². The topological polar surface area (TPSA) is 44.5 Å². The molecule has 1 aromatic carbocycles. The van der Waals surface area contributed by atoms with Gasteiger partial charge in [-0.25, -0.2) is 0 Å². The van der Waals surface area contributed by atoms with Crippen LogP contribution in [-0.2, 0) is 4.74 Å². The molecule has 0 bridgehead atoms. The first-order valence-electron chi connectivity index (χ1n) is 6.65. The van der Waals surface area contributed by atoms with Crippen LogP contribution in [0.1, 0.15) is 38.8 Å². The van der Waals surface area contributed by atoms with Gasteiger partial charge in [0.05, 0.1) is 6.61 Å². The third kappa shape index (κ3) is 6.03. The summed E-state index contributed by atoms with van der Waals surface area (Å²) < 4.78 is 11.1. The molecule has 0 fully saturated rings. The molecule has 0 aliphatic carbocycles. The Balaban J connectivity index is 2.21. The highest BCUT2D eigenvalue weighted by molar-refractivity contribution is 5.30. The van der Waals surface area contributed by atoms with E-state index in [-0.39, 0.29) is 6.04 Å². The minimum Gasteiger partial charge on any atom is -0.491 e. The van der Waals surface area contributed by atoms with Crippen LogP contribution in [-0.4, -0.2) is 19.8 Å². The highest BCUT2D eigenvalue weighted by Crippen LogP contribution is 2.17. The highest BCUT2D eigenvalue weighted by Gasteiger charge is 2.01. The lowest BCUT2D eigenvalue weighted by Crippen LogP contribution is -2.09. The molecule has 0 radical (unpaired) electrons. The second kappa shape index (κ2) is 8.11. The molecule has 0 aromatic heterocycles. The van der Waals surface area contributed by atoms with Crippen molar-refractivity contribution in [3.63, 3.8) is 0 Å². The standard InChI is InChI=1S/C15H25NO2/c1-12(2)7-8-17-9-10-18-15-6-4-5-14(11-15)13(3)16/h4-6,11-13H,7-10,16H2,1-3H3. The van der Waals surface area contributed by atoms with Crippen molar-refractivity contribution in [3.05, 3.63) is 29.8 Å². The molecule has 0 saturated carbocycles. The Morgan fingerprint density at radius 2 is 1.89 bits per heavy atom. The van der Waals surface area contributed by atoms with Crippen molar-refractivity contribution in [3.8, 4) is 5.75 Å². The predicted molar refractivity (Wildman–Crippen MR) is 74.8 cm³/mol. The third-order valence-electron chi connectivity index (χ3n) is 2.72. The molecule has 1 aromatic rings. The van der Waals surface area contributed by atoms with Crippen molar-refractivity contribution in [1.82, 2.24) is 0 Å². The Bertz CT molecular complexity index is 337. The van der Waals surface area contributed by atoms with Crippen molar-refractivity contribution in [2.75, 3.05) is 19.8 Å². The van der Waals surface area contributed by atoms with Gasteiger partial charge in [0, 0.05) is 12.6 Å². The van der Waals surface area contributed by atoms with E-state index < -0.39 is 0 Å². The van der Waals surface area contributed by atoms with Crippen LogP contribution < -0.4 is 10.5 Å². The summed E-state index contributed by atoms with van der Waals surface area (Å²) >= 11 is 0. The van der Waals surface area contributed by atoms with Gasteiger partial charge >= 0.3 is 0 Å². The van der Waals surface area contributed by atoms with E-state index in [9.17, 15) is 0 Å². The van der Waals surface area contributed by atoms with E-state index in [0.717, 1.165) is 24.3 Å². The van der Waals surface area contributed by atoms with Crippen LogP contribution in [0, 0.1) is 5.92 Å². The monoisotopic (exact) mass is 251 g/mol. The minimum atomic E-state index is 0.0378. The van der Waals surface area contributed by atoms with Gasteiger partial charge in [0.15, 0.2) is 0 Å². The van der Waals surface area contributed by atoms with Gasteiger partial charge in [-0.15, -0.1) is 0 Å². The first kappa shape index (κ1) is 15.0. The van der Waals surface area contributed by atoms with Gasteiger partial charge in [-0.05, 0) is 37.0 Å². The lowest BCUT2D eigenvalue weighted by Gasteiger charge is -2.10. The third-order valence-corrected chi connectivity index (χ3v) is 2.72. The molecular formula is C15H25NO2. The number of benzene rings is 1. The predicted octanol–water partition coefficient (Wildman–Crippen LogP) is 3.15. The summed E-state index contributed by atoms with van der Waals surface area (Å²) in [5.74, 6) is 1.55. The van der Waals surface area contributed by atoms with Gasteiger partial charge in [0.25, 0.3) is 0 Å². The maximum atomic E-state index is 5.83. The van der Waals surface area contributed by atoms with Crippen LogP contribution >= 0.6 is 0 Å². The van der Waals surface area contributed by atoms with Gasteiger partial charge in [0.2, 0.25) is 0 Å². The average molecular weight is 251 g/mol. The maximum absolute atomic E-state index is 5.83. The van der Waals surface area contributed by atoms with E-state index in [1.165, 1.54) is 0 Å². The van der Waals surface area contributed by atoms with Crippen LogP contribution in [0.2, 0.25) is 0 Å². The van der Waals surface area contributed by atoms with Crippen molar-refractivity contribution in [1.29, 1.82) is 0 Å². The number of nitrogens with two attached hydrogens (primary N) is 1. The fraction of sp³-hybridized carbons (Fsp3) is 0.600. The molecule has 0 heterocycles. The van der Waals surface area contributed by atoms with Gasteiger partial charge in [0.1, 0.15) is 12.4 Å². The SMILES string of the molecule is CC(C)CCOCCOc1cccc(C(C)N)c1. The molecule has 18 heavy (non-hydrogen) atoms. The summed E-state index contributed by atoms with van der Waals surface area (Å²) in [7, 11) is 0. The number of rotatable bonds is 8. The first-order chi connectivity index (χ1) is 8.59. The molecule has 0 spiro atoms. The summed E-state index contributed by atoms with van der Waals surface area (Å²) in [6.07, 6.45) is 1.10. The van der Waals surface area contributed by atoms with Crippen LogP contribution in [0.15, 0.2) is 24.3 Å². The Morgan fingerprint density at radius 3 is 2.56 bits per heavy atom. The van der Waals surface area contributed by atoms with E-state index in [4.69, 9.17) is 15.2 Å². The Kier molecular flexibility index (Phi) is 6.76. The maximum Gasteiger partial charge on any atom is 0.119 e. The molecule has 3 nitrogen and oxygen atoms in total. The molecule has 1 unspecified atom stereocenters. The normalized spacial score (nSPS) is 12.7. The van der Waals surface area contributed by atoms with Crippen molar-refractivity contribution in [2.45, 2.75) is 33.2 Å². The molecule has 2 N–H and O–H groups in total. The number of hydrogen-bond donors (Lipinski definition) is 1. The fourth-order valence-electron chi connectivity index (χ4n) is 1.53. The van der Waals surface area contributed by atoms with Gasteiger partial charge in [-0.3, -0.25) is 0 Å². The summed E-state index contributed by atoms with van der Waals surface area (Å²) in [6, 6.07) is 7.94. The average Bonchev–Trinajstić information content (AvgIpc) is 2.33. The molecule has 0 saturated heterocycles. The molecule has 102 valence electrons. The summed E-state index contributed by atoms with van der Waals surface area (Å²) in [6.45, 7) is 8.38.